The van der Waals surface area contributed by atoms with E-state index in [1.165, 1.54) is 6.92 Å². The van der Waals surface area contributed by atoms with Gasteiger partial charge in [-0.2, -0.15) is 18.3 Å². The number of H-pyrrole nitrogens is 1. The molecule has 2 atom stereocenters. The van der Waals surface area contributed by atoms with Crippen LogP contribution in [-0.2, 0) is 15.7 Å². The third-order valence-electron chi connectivity index (χ3n) is 6.96. The Hall–Kier alpha value is -2.36. The van der Waals surface area contributed by atoms with Gasteiger partial charge in [0.2, 0.25) is 6.43 Å². The summed E-state index contributed by atoms with van der Waals surface area (Å²) in [6.45, 7) is 3.72. The number of nitrogens with zero attached hydrogens (tertiary/aromatic N) is 3. The van der Waals surface area contributed by atoms with Crippen molar-refractivity contribution >= 4 is 5.91 Å². The van der Waals surface area contributed by atoms with Gasteiger partial charge >= 0.3 is 6.18 Å². The van der Waals surface area contributed by atoms with E-state index in [4.69, 9.17) is 9.47 Å². The van der Waals surface area contributed by atoms with Gasteiger partial charge in [0, 0.05) is 51.1 Å². The minimum absolute atomic E-state index is 0.0277. The second-order valence-electron chi connectivity index (χ2n) is 9.59. The summed E-state index contributed by atoms with van der Waals surface area (Å²) in [4.78, 5) is 28.4. The van der Waals surface area contributed by atoms with Crippen molar-refractivity contribution in [2.24, 2.45) is 5.92 Å². The fourth-order valence-electron chi connectivity index (χ4n) is 5.00. The van der Waals surface area contributed by atoms with Gasteiger partial charge in [-0.05, 0) is 19.8 Å². The Balaban J connectivity index is 1.22. The fraction of sp³-hybridized carbons (Fsp3) is 0.773. The molecular weight excluding hydrogens is 507 g/mol. The molecule has 0 saturated carbocycles. The molecule has 0 aliphatic carbocycles. The molecule has 1 amide bonds. The lowest BCUT2D eigenvalue weighted by atomic mass is 10.0. The van der Waals surface area contributed by atoms with Crippen LogP contribution in [-0.4, -0.2) is 96.2 Å². The van der Waals surface area contributed by atoms with Crippen LogP contribution in [0, 0.1) is 5.92 Å². The van der Waals surface area contributed by atoms with Gasteiger partial charge in [0.15, 0.2) is 11.3 Å². The molecule has 37 heavy (non-hydrogen) atoms. The molecule has 0 bridgehead atoms. The molecule has 1 aromatic heterocycles. The van der Waals surface area contributed by atoms with Crippen LogP contribution in [0.15, 0.2) is 11.0 Å². The zero-order valence-electron chi connectivity index (χ0n) is 20.3. The van der Waals surface area contributed by atoms with E-state index in [0.29, 0.717) is 26.1 Å². The summed E-state index contributed by atoms with van der Waals surface area (Å²) in [7, 11) is 0. The first-order valence-electron chi connectivity index (χ1n) is 12.3. The number of nitrogens with one attached hydrogen (secondary N) is 3. The molecule has 3 saturated heterocycles. The molecule has 0 spiro atoms. The summed E-state index contributed by atoms with van der Waals surface area (Å²) >= 11 is 0. The van der Waals surface area contributed by atoms with Crippen LogP contribution in [0.4, 0.5) is 22.0 Å². The van der Waals surface area contributed by atoms with Gasteiger partial charge in [-0.15, -0.1) is 0 Å². The van der Waals surface area contributed by atoms with Crippen molar-refractivity contribution in [1.82, 2.24) is 30.6 Å². The normalized spacial score (nSPS) is 27.2. The number of carbonyl (C=O) groups is 1. The van der Waals surface area contributed by atoms with Crippen molar-refractivity contribution < 1.29 is 36.2 Å². The molecule has 15 heteroatoms. The summed E-state index contributed by atoms with van der Waals surface area (Å²) in [5.41, 5.74) is -2.88. The highest BCUT2D eigenvalue weighted by Gasteiger charge is 2.40. The molecule has 0 radical (unpaired) electrons. The highest BCUT2D eigenvalue weighted by molar-refractivity contribution is 5.83. The number of rotatable bonds is 8. The summed E-state index contributed by atoms with van der Waals surface area (Å²) in [6, 6.07) is 0.0277. The Labute approximate surface area is 209 Å². The Bertz CT molecular complexity index is 979. The first kappa shape index (κ1) is 27.7. The first-order chi connectivity index (χ1) is 17.5. The van der Waals surface area contributed by atoms with E-state index < -0.39 is 47.6 Å². The predicted molar refractivity (Wildman–Crippen MR) is 120 cm³/mol. The lowest BCUT2D eigenvalue weighted by Crippen LogP contribution is -2.64. The van der Waals surface area contributed by atoms with Crippen LogP contribution < -0.4 is 20.9 Å². The zero-order valence-corrected chi connectivity index (χ0v) is 20.3. The number of aromatic nitrogens is 2. The van der Waals surface area contributed by atoms with E-state index in [0.717, 1.165) is 19.0 Å². The third kappa shape index (κ3) is 6.56. The molecule has 4 heterocycles. The monoisotopic (exact) mass is 538 g/mol. The molecule has 10 nitrogen and oxygen atoms in total. The van der Waals surface area contributed by atoms with Gasteiger partial charge in [0.25, 0.3) is 11.5 Å². The van der Waals surface area contributed by atoms with Crippen LogP contribution in [0.5, 0.6) is 5.75 Å². The Morgan fingerprint density at radius 2 is 1.78 bits per heavy atom. The molecule has 3 fully saturated rings. The Morgan fingerprint density at radius 1 is 1.11 bits per heavy atom. The minimum atomic E-state index is -4.92. The Morgan fingerprint density at radius 3 is 2.41 bits per heavy atom. The molecule has 1 aromatic rings. The maximum Gasteiger partial charge on any atom is 0.425 e. The zero-order chi connectivity index (χ0) is 26.7. The molecule has 0 aromatic carbocycles. The summed E-state index contributed by atoms with van der Waals surface area (Å²) in [6.07, 6.45) is -6.35. The van der Waals surface area contributed by atoms with Gasteiger partial charge in [-0.1, -0.05) is 0 Å². The van der Waals surface area contributed by atoms with Crippen molar-refractivity contribution in [2.75, 3.05) is 39.3 Å². The van der Waals surface area contributed by atoms with Crippen molar-refractivity contribution in [3.63, 3.8) is 0 Å². The lowest BCUT2D eigenvalue weighted by Gasteiger charge is -2.43. The number of hydrogen-bond donors (Lipinski definition) is 3. The van der Waals surface area contributed by atoms with E-state index in [1.807, 2.05) is 0 Å². The molecular formula is C22H31F5N6O4. The van der Waals surface area contributed by atoms with Crippen LogP contribution in [0.25, 0.3) is 0 Å². The lowest BCUT2D eigenvalue weighted by molar-refractivity contribution is -0.142. The van der Waals surface area contributed by atoms with Crippen LogP contribution in [0.1, 0.15) is 31.7 Å². The van der Waals surface area contributed by atoms with E-state index in [-0.39, 0.29) is 37.9 Å². The van der Waals surface area contributed by atoms with Gasteiger partial charge < -0.3 is 14.4 Å². The second kappa shape index (κ2) is 11.6. The number of carbonyl (C=O) groups excluding carboxylic acids is 1. The highest BCUT2D eigenvalue weighted by Crippen LogP contribution is 2.33. The van der Waals surface area contributed by atoms with Crippen LogP contribution in [0.2, 0.25) is 0 Å². The number of aromatic amines is 1. The number of alkyl halides is 5. The maximum atomic E-state index is 13.2. The van der Waals surface area contributed by atoms with E-state index >= 15 is 0 Å². The number of piperidine rings is 1. The van der Waals surface area contributed by atoms with E-state index in [1.54, 1.807) is 10.00 Å². The van der Waals surface area contributed by atoms with Crippen molar-refractivity contribution in [1.29, 1.82) is 0 Å². The van der Waals surface area contributed by atoms with Crippen LogP contribution >= 0.6 is 0 Å². The average molecular weight is 539 g/mol. The number of ether oxygens (including phenoxy) is 2. The standard InChI is InChI=1S/C22H31F5N6O4/c1-12(37-16-10-30-31-19(34)17(16)22(25,26)27)11-36-15-4-7-33(20(15)35)14-2-5-32(6-3-14)21-28-8-13(9-29-21)18(23)24/h10,12-15,18,21,28-29H,2-9,11H2,1H3,(H,31,34)/t12-,13?,15?,21?/m0/s1. The number of halogens is 5. The Kier molecular flexibility index (Phi) is 8.66. The molecule has 3 aliphatic rings. The summed E-state index contributed by atoms with van der Waals surface area (Å²) < 4.78 is 76.2. The maximum absolute atomic E-state index is 13.2. The predicted octanol–water partition coefficient (Wildman–Crippen LogP) is 0.996. The molecule has 4 rings (SSSR count). The average Bonchev–Trinajstić information content (AvgIpc) is 3.22. The molecule has 3 aliphatic heterocycles. The van der Waals surface area contributed by atoms with Crippen molar-refractivity contribution in [3.8, 4) is 5.75 Å². The van der Waals surface area contributed by atoms with Gasteiger partial charge in [0.1, 0.15) is 18.5 Å². The quantitative estimate of drug-likeness (QED) is 0.421. The van der Waals surface area contributed by atoms with Gasteiger partial charge in [-0.3, -0.25) is 25.1 Å². The fourth-order valence-corrected chi connectivity index (χ4v) is 5.00. The largest absolute Gasteiger partial charge is 0.486 e. The summed E-state index contributed by atoms with van der Waals surface area (Å²) in [5.74, 6) is -1.59. The van der Waals surface area contributed by atoms with Crippen molar-refractivity contribution in [3.05, 3.63) is 22.1 Å². The molecule has 1 unspecified atom stereocenters. The topological polar surface area (TPSA) is 112 Å². The number of hydrogen-bond acceptors (Lipinski definition) is 8. The van der Waals surface area contributed by atoms with Crippen molar-refractivity contribution in [2.45, 2.75) is 63.3 Å². The smallest absolute Gasteiger partial charge is 0.425 e. The first-order valence-corrected chi connectivity index (χ1v) is 12.3. The van der Waals surface area contributed by atoms with Gasteiger partial charge in [0.05, 0.1) is 12.8 Å². The van der Waals surface area contributed by atoms with Gasteiger partial charge in [-0.25, -0.2) is 13.9 Å². The third-order valence-corrected chi connectivity index (χ3v) is 6.96. The minimum Gasteiger partial charge on any atom is -0.486 e. The SMILES string of the molecule is C[C@@H](COC1CCN(C2CCN(C3NCC(C(F)F)CN3)CC2)C1=O)Oc1cn[nH]c(=O)c1C(F)(F)F. The van der Waals surface area contributed by atoms with E-state index in [9.17, 15) is 31.5 Å². The van der Waals surface area contributed by atoms with E-state index in [2.05, 4.69) is 20.6 Å². The number of amides is 1. The number of likely N-dealkylation sites (tertiary alicyclic amines) is 2. The second-order valence-corrected chi connectivity index (χ2v) is 9.59. The van der Waals surface area contributed by atoms with Crippen LogP contribution in [0.3, 0.4) is 0 Å². The highest BCUT2D eigenvalue weighted by atomic mass is 19.4. The summed E-state index contributed by atoms with van der Waals surface area (Å²) in [5, 5.41) is 11.3. The molecule has 3 N–H and O–H groups in total. The molecule has 208 valence electrons.